The van der Waals surface area contributed by atoms with Gasteiger partial charge in [-0.3, -0.25) is 14.4 Å². The third kappa shape index (κ3) is 4.29. The van der Waals surface area contributed by atoms with Crippen LogP contribution in [0.1, 0.15) is 26.3 Å². The number of pyridine rings is 1. The van der Waals surface area contributed by atoms with Crippen molar-refractivity contribution in [1.82, 2.24) is 4.98 Å². The summed E-state index contributed by atoms with van der Waals surface area (Å²) in [6, 6.07) is 8.09. The van der Waals surface area contributed by atoms with Gasteiger partial charge < -0.3 is 15.6 Å². The van der Waals surface area contributed by atoms with E-state index in [1.807, 2.05) is 4.98 Å². The number of amides is 2. The van der Waals surface area contributed by atoms with E-state index in [0.717, 1.165) is 0 Å². The van der Waals surface area contributed by atoms with Crippen molar-refractivity contribution in [2.45, 2.75) is 6.18 Å². The molecule has 0 unspecified atom stereocenters. The van der Waals surface area contributed by atoms with Crippen LogP contribution < -0.4 is 16.2 Å². The lowest BCUT2D eigenvalue weighted by Gasteiger charge is -2.12. The number of hydrogen-bond acceptors (Lipinski definition) is 4. The average Bonchev–Trinajstić information content (AvgIpc) is 3.18. The van der Waals surface area contributed by atoms with E-state index in [4.69, 9.17) is 0 Å². The Kier molecular flexibility index (Phi) is 5.32. The monoisotopic (exact) mass is 407 g/mol. The van der Waals surface area contributed by atoms with Crippen molar-refractivity contribution in [3.05, 3.63) is 80.4 Å². The molecule has 10 heteroatoms. The molecule has 0 bridgehead atoms. The number of halogens is 3. The molecule has 0 aliphatic heterocycles. The van der Waals surface area contributed by atoms with Gasteiger partial charge in [-0.25, -0.2) is 0 Å². The van der Waals surface area contributed by atoms with Gasteiger partial charge in [-0.15, -0.1) is 0 Å². The van der Waals surface area contributed by atoms with Gasteiger partial charge >= 0.3 is 6.18 Å². The first-order valence-corrected chi connectivity index (χ1v) is 8.74. The van der Waals surface area contributed by atoms with Crippen LogP contribution in [0, 0.1) is 0 Å². The topological polar surface area (TPSA) is 91.1 Å². The first-order chi connectivity index (χ1) is 13.3. The molecule has 0 aliphatic rings. The van der Waals surface area contributed by atoms with Crippen molar-refractivity contribution in [2.24, 2.45) is 0 Å². The molecule has 0 aliphatic carbocycles. The molecule has 0 spiro atoms. The first-order valence-electron chi connectivity index (χ1n) is 7.79. The zero-order chi connectivity index (χ0) is 20.3. The van der Waals surface area contributed by atoms with Crippen LogP contribution in [-0.4, -0.2) is 16.8 Å². The molecule has 3 N–H and O–H groups in total. The number of thiophene rings is 1. The molecule has 0 fully saturated rings. The van der Waals surface area contributed by atoms with Crippen LogP contribution >= 0.6 is 11.3 Å². The highest BCUT2D eigenvalue weighted by Gasteiger charge is 2.31. The molecule has 2 heterocycles. The Hall–Kier alpha value is -3.40. The molecule has 144 valence electrons. The number of anilines is 2. The van der Waals surface area contributed by atoms with Crippen LogP contribution in [0.3, 0.4) is 0 Å². The molecule has 2 aromatic heterocycles. The maximum Gasteiger partial charge on any atom is 0.417 e. The van der Waals surface area contributed by atoms with Gasteiger partial charge in [0.2, 0.25) is 0 Å². The molecule has 0 saturated carbocycles. The van der Waals surface area contributed by atoms with E-state index in [0.29, 0.717) is 17.8 Å². The summed E-state index contributed by atoms with van der Waals surface area (Å²) < 4.78 is 38.5. The minimum atomic E-state index is -4.68. The Morgan fingerprint density at radius 2 is 1.71 bits per heavy atom. The Morgan fingerprint density at radius 1 is 1.00 bits per heavy atom. The maximum atomic E-state index is 12.8. The summed E-state index contributed by atoms with van der Waals surface area (Å²) >= 11 is 1.33. The van der Waals surface area contributed by atoms with Gasteiger partial charge in [0, 0.05) is 11.6 Å². The van der Waals surface area contributed by atoms with Gasteiger partial charge in [-0.1, -0.05) is 12.1 Å². The summed E-state index contributed by atoms with van der Waals surface area (Å²) in [5.74, 6) is -1.29. The molecule has 0 radical (unpaired) electrons. The lowest BCUT2D eigenvalue weighted by molar-refractivity contribution is -0.137. The number of aromatic nitrogens is 1. The Labute approximate surface area is 160 Å². The van der Waals surface area contributed by atoms with E-state index >= 15 is 0 Å². The molecular weight excluding hydrogens is 395 g/mol. The average molecular weight is 407 g/mol. The van der Waals surface area contributed by atoms with E-state index in [2.05, 4.69) is 10.6 Å². The smallest absolute Gasteiger partial charge is 0.327 e. The fourth-order valence-corrected chi connectivity index (χ4v) is 2.94. The fourth-order valence-electron chi connectivity index (χ4n) is 2.31. The van der Waals surface area contributed by atoms with Gasteiger partial charge in [0.1, 0.15) is 5.69 Å². The molecule has 2 amide bonds. The van der Waals surface area contributed by atoms with E-state index < -0.39 is 34.8 Å². The summed E-state index contributed by atoms with van der Waals surface area (Å²) in [7, 11) is 0. The van der Waals surface area contributed by atoms with Crippen LogP contribution in [0.4, 0.5) is 24.5 Å². The normalized spacial score (nSPS) is 11.1. The standard InChI is InChI=1S/C18H12F3N3O3S/c19-18(20,21)11-7-14(17(27)22-8-11)24-16(26)12-3-1-2-4-13(12)23-15(25)10-5-6-28-9-10/h1-9H,(H,22,27)(H,23,25)(H,24,26). The number of carbonyl (C=O) groups excluding carboxylic acids is 2. The van der Waals surface area contributed by atoms with E-state index in [-0.39, 0.29) is 11.3 Å². The van der Waals surface area contributed by atoms with Crippen LogP contribution in [0.2, 0.25) is 0 Å². The number of nitrogens with one attached hydrogen (secondary N) is 3. The first kappa shape index (κ1) is 19.4. The number of hydrogen-bond donors (Lipinski definition) is 3. The third-order valence-electron chi connectivity index (χ3n) is 3.68. The van der Waals surface area contributed by atoms with Gasteiger partial charge in [0.25, 0.3) is 17.4 Å². The fraction of sp³-hybridized carbons (Fsp3) is 0.0556. The molecular formula is C18H12F3N3O3S. The van der Waals surface area contributed by atoms with Gasteiger partial charge in [0.05, 0.1) is 22.4 Å². The number of carbonyl (C=O) groups is 2. The van der Waals surface area contributed by atoms with Crippen molar-refractivity contribution >= 4 is 34.5 Å². The highest BCUT2D eigenvalue weighted by molar-refractivity contribution is 7.08. The minimum Gasteiger partial charge on any atom is -0.327 e. The Morgan fingerprint density at radius 3 is 2.39 bits per heavy atom. The lowest BCUT2D eigenvalue weighted by Crippen LogP contribution is -2.23. The number of rotatable bonds is 4. The predicted molar refractivity (Wildman–Crippen MR) is 98.7 cm³/mol. The summed E-state index contributed by atoms with van der Waals surface area (Å²) in [5.41, 5.74) is -2.02. The summed E-state index contributed by atoms with van der Waals surface area (Å²) in [4.78, 5) is 38.4. The second-order valence-electron chi connectivity index (χ2n) is 5.59. The van der Waals surface area contributed by atoms with Crippen molar-refractivity contribution in [1.29, 1.82) is 0 Å². The highest BCUT2D eigenvalue weighted by Crippen LogP contribution is 2.29. The largest absolute Gasteiger partial charge is 0.417 e. The molecule has 1 aromatic carbocycles. The Bertz CT molecular complexity index is 1080. The number of aromatic amines is 1. The quantitative estimate of drug-likeness (QED) is 0.611. The zero-order valence-electron chi connectivity index (χ0n) is 14.0. The highest BCUT2D eigenvalue weighted by atomic mass is 32.1. The number of alkyl halides is 3. The summed E-state index contributed by atoms with van der Waals surface area (Å²) in [5, 5.41) is 8.07. The molecule has 3 rings (SSSR count). The number of H-pyrrole nitrogens is 1. The van der Waals surface area contributed by atoms with Crippen LogP contribution in [0.15, 0.2) is 58.1 Å². The van der Waals surface area contributed by atoms with Crippen molar-refractivity contribution in [2.75, 3.05) is 10.6 Å². The molecule has 28 heavy (non-hydrogen) atoms. The minimum absolute atomic E-state index is 0.0112. The lowest BCUT2D eigenvalue weighted by atomic mass is 10.1. The van der Waals surface area contributed by atoms with E-state index in [1.165, 1.54) is 29.5 Å². The van der Waals surface area contributed by atoms with Gasteiger partial charge in [-0.05, 0) is 29.6 Å². The second-order valence-corrected chi connectivity index (χ2v) is 6.37. The van der Waals surface area contributed by atoms with Crippen LogP contribution in [0.25, 0.3) is 0 Å². The second kappa shape index (κ2) is 7.69. The SMILES string of the molecule is O=C(Nc1ccccc1C(=O)Nc1cc(C(F)(F)F)c[nH]c1=O)c1ccsc1. The number of benzene rings is 1. The van der Waals surface area contributed by atoms with E-state index in [9.17, 15) is 27.6 Å². The summed E-state index contributed by atoms with van der Waals surface area (Å²) in [6.07, 6.45) is -4.16. The number of para-hydroxylation sites is 1. The zero-order valence-corrected chi connectivity index (χ0v) is 14.8. The maximum absolute atomic E-state index is 12.8. The Balaban J connectivity index is 1.86. The van der Waals surface area contributed by atoms with E-state index in [1.54, 1.807) is 22.9 Å². The van der Waals surface area contributed by atoms with Crippen LogP contribution in [0.5, 0.6) is 0 Å². The van der Waals surface area contributed by atoms with Crippen LogP contribution in [-0.2, 0) is 6.18 Å². The van der Waals surface area contributed by atoms with Crippen molar-refractivity contribution in [3.8, 4) is 0 Å². The molecule has 0 saturated heterocycles. The van der Waals surface area contributed by atoms with Gasteiger partial charge in [-0.2, -0.15) is 24.5 Å². The molecule has 6 nitrogen and oxygen atoms in total. The van der Waals surface area contributed by atoms with Gasteiger partial charge in [0.15, 0.2) is 0 Å². The molecule has 0 atom stereocenters. The third-order valence-corrected chi connectivity index (χ3v) is 4.37. The van der Waals surface area contributed by atoms with Crippen molar-refractivity contribution in [3.63, 3.8) is 0 Å². The molecule has 3 aromatic rings. The summed E-state index contributed by atoms with van der Waals surface area (Å²) in [6.45, 7) is 0. The van der Waals surface area contributed by atoms with Crippen molar-refractivity contribution < 1.29 is 22.8 Å². The predicted octanol–water partition coefficient (Wildman–Crippen LogP) is 3.96.